The van der Waals surface area contributed by atoms with Crippen molar-refractivity contribution in [1.29, 1.82) is 0 Å². The van der Waals surface area contributed by atoms with Crippen LogP contribution in [-0.4, -0.2) is 17.5 Å². The van der Waals surface area contributed by atoms with Crippen molar-refractivity contribution >= 4 is 5.97 Å². The van der Waals surface area contributed by atoms with E-state index in [-0.39, 0.29) is 35.0 Å². The van der Waals surface area contributed by atoms with E-state index in [0.29, 0.717) is 6.42 Å². The van der Waals surface area contributed by atoms with Crippen LogP contribution in [0, 0.1) is 22.0 Å². The number of rotatable bonds is 4. The number of esters is 1. The molecule has 1 aliphatic carbocycles. The SMILES string of the molecule is CC(=O)OCC(C)C1CC=CC=C1[N+](=O)[O-]. The first kappa shape index (κ1) is 12.4. The zero-order chi connectivity index (χ0) is 12.1. The summed E-state index contributed by atoms with van der Waals surface area (Å²) in [6, 6.07) is 0. The smallest absolute Gasteiger partial charge is 0.302 e. The molecule has 0 aromatic heterocycles. The summed E-state index contributed by atoms with van der Waals surface area (Å²) >= 11 is 0. The predicted molar refractivity (Wildman–Crippen MR) is 58.1 cm³/mol. The zero-order valence-corrected chi connectivity index (χ0v) is 9.38. The summed E-state index contributed by atoms with van der Waals surface area (Å²) in [5.74, 6) is -0.588. The van der Waals surface area contributed by atoms with Gasteiger partial charge in [-0.05, 0) is 6.42 Å². The third-order valence-electron chi connectivity index (χ3n) is 2.62. The van der Waals surface area contributed by atoms with Crippen LogP contribution in [0.3, 0.4) is 0 Å². The van der Waals surface area contributed by atoms with Crippen molar-refractivity contribution in [2.24, 2.45) is 11.8 Å². The van der Waals surface area contributed by atoms with Crippen molar-refractivity contribution in [3.63, 3.8) is 0 Å². The fraction of sp³-hybridized carbons (Fsp3) is 0.545. The topological polar surface area (TPSA) is 69.4 Å². The summed E-state index contributed by atoms with van der Waals surface area (Å²) < 4.78 is 4.87. The van der Waals surface area contributed by atoms with E-state index in [1.165, 1.54) is 13.0 Å². The van der Waals surface area contributed by atoms with Gasteiger partial charge in [0.15, 0.2) is 0 Å². The van der Waals surface area contributed by atoms with Crippen molar-refractivity contribution in [3.05, 3.63) is 34.0 Å². The largest absolute Gasteiger partial charge is 0.466 e. The van der Waals surface area contributed by atoms with Crippen LogP contribution in [0.15, 0.2) is 23.9 Å². The molecule has 0 heterocycles. The summed E-state index contributed by atoms with van der Waals surface area (Å²) in [6.07, 6.45) is 5.71. The number of carbonyl (C=O) groups is 1. The maximum atomic E-state index is 10.8. The molecule has 5 nitrogen and oxygen atoms in total. The molecular formula is C11H15NO4. The molecule has 0 spiro atoms. The van der Waals surface area contributed by atoms with Gasteiger partial charge in [-0.2, -0.15) is 0 Å². The summed E-state index contributed by atoms with van der Waals surface area (Å²) in [6.45, 7) is 3.40. The number of hydrogen-bond acceptors (Lipinski definition) is 4. The van der Waals surface area contributed by atoms with E-state index in [4.69, 9.17) is 4.74 Å². The molecule has 0 bridgehead atoms. The van der Waals surface area contributed by atoms with Crippen LogP contribution in [0.5, 0.6) is 0 Å². The molecule has 0 aromatic carbocycles. The van der Waals surface area contributed by atoms with Gasteiger partial charge in [0.05, 0.1) is 17.4 Å². The molecule has 0 radical (unpaired) electrons. The van der Waals surface area contributed by atoms with Gasteiger partial charge in [-0.1, -0.05) is 19.1 Å². The van der Waals surface area contributed by atoms with Crippen molar-refractivity contribution < 1.29 is 14.5 Å². The molecular weight excluding hydrogens is 210 g/mol. The third kappa shape index (κ3) is 3.18. The third-order valence-corrected chi connectivity index (χ3v) is 2.62. The van der Waals surface area contributed by atoms with Gasteiger partial charge in [0.1, 0.15) is 0 Å². The maximum Gasteiger partial charge on any atom is 0.302 e. The number of carbonyl (C=O) groups excluding carboxylic acids is 1. The van der Waals surface area contributed by atoms with E-state index < -0.39 is 0 Å². The first-order chi connectivity index (χ1) is 7.52. The molecule has 0 aliphatic heterocycles. The molecule has 0 aromatic rings. The van der Waals surface area contributed by atoms with E-state index in [9.17, 15) is 14.9 Å². The van der Waals surface area contributed by atoms with Gasteiger partial charge in [-0.3, -0.25) is 14.9 Å². The Labute approximate surface area is 93.9 Å². The quantitative estimate of drug-likeness (QED) is 0.416. The number of nitrogens with zero attached hydrogens (tertiary/aromatic N) is 1. The molecule has 0 saturated carbocycles. The van der Waals surface area contributed by atoms with Gasteiger partial charge >= 0.3 is 5.97 Å². The van der Waals surface area contributed by atoms with Gasteiger partial charge in [-0.15, -0.1) is 0 Å². The van der Waals surface area contributed by atoms with Crippen LogP contribution in [0.1, 0.15) is 20.3 Å². The maximum absolute atomic E-state index is 10.8. The highest BCUT2D eigenvalue weighted by atomic mass is 16.6. The minimum absolute atomic E-state index is 0.0505. The Bertz CT molecular complexity index is 346. The average molecular weight is 225 g/mol. The highest BCUT2D eigenvalue weighted by Crippen LogP contribution is 2.28. The van der Waals surface area contributed by atoms with Crippen LogP contribution in [0.2, 0.25) is 0 Å². The normalized spacial score (nSPS) is 21.1. The lowest BCUT2D eigenvalue weighted by Crippen LogP contribution is -2.24. The Morgan fingerprint density at radius 3 is 3.00 bits per heavy atom. The second-order valence-corrected chi connectivity index (χ2v) is 3.90. The van der Waals surface area contributed by atoms with E-state index in [1.54, 1.807) is 6.08 Å². The second-order valence-electron chi connectivity index (χ2n) is 3.90. The fourth-order valence-electron chi connectivity index (χ4n) is 1.72. The first-order valence-electron chi connectivity index (χ1n) is 5.17. The van der Waals surface area contributed by atoms with Gasteiger partial charge < -0.3 is 4.74 Å². The van der Waals surface area contributed by atoms with Crippen molar-refractivity contribution in [1.82, 2.24) is 0 Å². The highest BCUT2D eigenvalue weighted by molar-refractivity contribution is 5.65. The molecule has 0 saturated heterocycles. The summed E-state index contributed by atoms with van der Waals surface area (Å²) in [5, 5.41) is 10.8. The first-order valence-corrected chi connectivity index (χ1v) is 5.17. The van der Waals surface area contributed by atoms with Gasteiger partial charge in [-0.25, -0.2) is 0 Å². The molecule has 2 unspecified atom stereocenters. The van der Waals surface area contributed by atoms with E-state index in [0.717, 1.165) is 0 Å². The number of allylic oxidation sites excluding steroid dienone is 4. The van der Waals surface area contributed by atoms with E-state index in [2.05, 4.69) is 0 Å². The van der Waals surface area contributed by atoms with Gasteiger partial charge in [0.2, 0.25) is 5.70 Å². The summed E-state index contributed by atoms with van der Waals surface area (Å²) in [5.41, 5.74) is 0.196. The Morgan fingerprint density at radius 2 is 2.44 bits per heavy atom. The minimum atomic E-state index is -0.363. The second kappa shape index (κ2) is 5.44. The van der Waals surface area contributed by atoms with Crippen molar-refractivity contribution in [2.45, 2.75) is 20.3 Å². The molecule has 0 N–H and O–H groups in total. The standard InChI is InChI=1S/C11H15NO4/c1-8(7-16-9(2)13)10-5-3-4-6-11(10)12(14)15/h3-4,6,8,10H,5,7H2,1-2H3. The number of nitro groups is 1. The van der Waals surface area contributed by atoms with Crippen molar-refractivity contribution in [3.8, 4) is 0 Å². The molecule has 0 amide bonds. The van der Waals surface area contributed by atoms with Gasteiger partial charge in [0.25, 0.3) is 0 Å². The molecule has 1 rings (SSSR count). The fourth-order valence-corrected chi connectivity index (χ4v) is 1.72. The Kier molecular flexibility index (Phi) is 4.22. The molecule has 16 heavy (non-hydrogen) atoms. The van der Waals surface area contributed by atoms with Crippen LogP contribution >= 0.6 is 0 Å². The van der Waals surface area contributed by atoms with Crippen LogP contribution in [0.4, 0.5) is 0 Å². The number of ether oxygens (including phenoxy) is 1. The lowest BCUT2D eigenvalue weighted by molar-refractivity contribution is -0.435. The lowest BCUT2D eigenvalue weighted by atomic mass is 9.86. The highest BCUT2D eigenvalue weighted by Gasteiger charge is 2.30. The summed E-state index contributed by atoms with van der Waals surface area (Å²) in [7, 11) is 0. The zero-order valence-electron chi connectivity index (χ0n) is 9.38. The predicted octanol–water partition coefficient (Wildman–Crippen LogP) is 1.92. The average Bonchev–Trinajstić information content (AvgIpc) is 2.25. The molecule has 1 aliphatic rings. The summed E-state index contributed by atoms with van der Waals surface area (Å²) in [4.78, 5) is 21.1. The van der Waals surface area contributed by atoms with E-state index >= 15 is 0 Å². The van der Waals surface area contributed by atoms with E-state index in [1.807, 2.05) is 13.0 Å². The van der Waals surface area contributed by atoms with Crippen molar-refractivity contribution in [2.75, 3.05) is 6.61 Å². The molecule has 88 valence electrons. The number of hydrogen-bond donors (Lipinski definition) is 0. The van der Waals surface area contributed by atoms with Gasteiger partial charge in [0, 0.05) is 18.9 Å². The van der Waals surface area contributed by atoms with Crippen LogP contribution in [-0.2, 0) is 9.53 Å². The lowest BCUT2D eigenvalue weighted by Gasteiger charge is -2.21. The molecule has 5 heteroatoms. The minimum Gasteiger partial charge on any atom is -0.466 e. The van der Waals surface area contributed by atoms with Crippen LogP contribution < -0.4 is 0 Å². The molecule has 2 atom stereocenters. The Hall–Kier alpha value is -1.65. The Morgan fingerprint density at radius 1 is 1.75 bits per heavy atom. The monoisotopic (exact) mass is 225 g/mol. The molecule has 0 fully saturated rings. The van der Waals surface area contributed by atoms with Crippen LogP contribution in [0.25, 0.3) is 0 Å². The Balaban J connectivity index is 2.64.